The first-order chi connectivity index (χ1) is 7.27. The summed E-state index contributed by atoms with van der Waals surface area (Å²) in [5.41, 5.74) is 0.470. The maximum Gasteiger partial charge on any atom is 0.336 e. The summed E-state index contributed by atoms with van der Waals surface area (Å²) in [6.45, 7) is 0. The summed E-state index contributed by atoms with van der Waals surface area (Å²) in [4.78, 5) is 12.0. The van der Waals surface area contributed by atoms with E-state index in [1.165, 1.54) is 11.3 Å². The van der Waals surface area contributed by atoms with Crippen molar-refractivity contribution in [3.05, 3.63) is 28.5 Å². The molecule has 1 aliphatic heterocycles. The Morgan fingerprint density at radius 3 is 3.00 bits per heavy atom. The van der Waals surface area contributed by atoms with Gasteiger partial charge in [0.1, 0.15) is 0 Å². The van der Waals surface area contributed by atoms with E-state index in [-0.39, 0.29) is 0 Å². The van der Waals surface area contributed by atoms with Crippen LogP contribution in [-0.4, -0.2) is 22.6 Å². The van der Waals surface area contributed by atoms with Crippen molar-refractivity contribution < 1.29 is 9.90 Å². The van der Waals surface area contributed by atoms with Gasteiger partial charge in [0.05, 0.1) is 5.57 Å². The van der Waals surface area contributed by atoms with E-state index in [0.29, 0.717) is 11.5 Å². The van der Waals surface area contributed by atoms with Gasteiger partial charge in [-0.1, -0.05) is 12.1 Å². The van der Waals surface area contributed by atoms with Crippen LogP contribution in [0.2, 0.25) is 0 Å². The summed E-state index contributed by atoms with van der Waals surface area (Å²) in [6, 6.07) is 3.76. The lowest BCUT2D eigenvalue weighted by Crippen LogP contribution is -2.02. The number of carboxylic acids is 1. The predicted molar refractivity (Wildman–Crippen MR) is 65.4 cm³/mol. The van der Waals surface area contributed by atoms with Crippen LogP contribution < -0.4 is 0 Å². The molecule has 0 bridgehead atoms. The fraction of sp³-hybridized carbons (Fsp3) is 0.364. The summed E-state index contributed by atoms with van der Waals surface area (Å²) in [6.07, 6.45) is 3.03. The molecule has 15 heavy (non-hydrogen) atoms. The lowest BCUT2D eigenvalue weighted by atomic mass is 10.0. The van der Waals surface area contributed by atoms with E-state index in [0.717, 1.165) is 22.8 Å². The largest absolute Gasteiger partial charge is 0.478 e. The number of carbonyl (C=O) groups is 1. The summed E-state index contributed by atoms with van der Waals surface area (Å²) in [7, 11) is 0. The smallest absolute Gasteiger partial charge is 0.336 e. The second-order valence-corrected chi connectivity index (χ2v) is 5.58. The first kappa shape index (κ1) is 10.8. The number of carboxylic acid groups (broad SMARTS) is 1. The molecule has 2 nitrogen and oxygen atoms in total. The fourth-order valence-electron chi connectivity index (χ4n) is 1.61. The molecule has 1 atom stereocenters. The summed E-state index contributed by atoms with van der Waals surface area (Å²) < 4.78 is 0. The number of thioether (sulfide) groups is 1. The van der Waals surface area contributed by atoms with Crippen molar-refractivity contribution in [2.45, 2.75) is 6.42 Å². The molecule has 1 aromatic rings. The molecule has 0 aromatic carbocycles. The molecular weight excluding hydrogens is 228 g/mol. The third kappa shape index (κ3) is 2.63. The number of hydrogen-bond donors (Lipinski definition) is 1. The van der Waals surface area contributed by atoms with Gasteiger partial charge in [0.2, 0.25) is 0 Å². The van der Waals surface area contributed by atoms with Crippen LogP contribution in [0.25, 0.3) is 5.57 Å². The molecule has 0 amide bonds. The van der Waals surface area contributed by atoms with Crippen molar-refractivity contribution in [1.82, 2.24) is 0 Å². The van der Waals surface area contributed by atoms with Gasteiger partial charge >= 0.3 is 5.97 Å². The van der Waals surface area contributed by atoms with Crippen LogP contribution in [-0.2, 0) is 4.79 Å². The molecule has 1 N–H and O–H groups in total. The van der Waals surface area contributed by atoms with Crippen LogP contribution in [0.4, 0.5) is 0 Å². The highest BCUT2D eigenvalue weighted by molar-refractivity contribution is 7.99. The zero-order valence-electron chi connectivity index (χ0n) is 8.18. The maximum atomic E-state index is 11.1. The Morgan fingerprint density at radius 1 is 1.60 bits per heavy atom. The lowest BCUT2D eigenvalue weighted by molar-refractivity contribution is -0.130. The van der Waals surface area contributed by atoms with Gasteiger partial charge in [0.25, 0.3) is 0 Å². The topological polar surface area (TPSA) is 37.3 Å². The van der Waals surface area contributed by atoms with E-state index in [2.05, 4.69) is 0 Å². The first-order valence-electron chi connectivity index (χ1n) is 4.84. The Kier molecular flexibility index (Phi) is 3.49. The van der Waals surface area contributed by atoms with Crippen molar-refractivity contribution in [2.75, 3.05) is 11.5 Å². The Hall–Kier alpha value is -0.740. The highest BCUT2D eigenvalue weighted by Gasteiger charge is 2.18. The van der Waals surface area contributed by atoms with Gasteiger partial charge in [-0.15, -0.1) is 11.3 Å². The molecule has 1 fully saturated rings. The molecule has 1 aromatic heterocycles. The van der Waals surface area contributed by atoms with Crippen LogP contribution in [0.3, 0.4) is 0 Å². The van der Waals surface area contributed by atoms with Gasteiger partial charge in [-0.2, -0.15) is 11.8 Å². The van der Waals surface area contributed by atoms with Crippen LogP contribution >= 0.6 is 23.1 Å². The quantitative estimate of drug-likeness (QED) is 0.825. The molecule has 1 unspecified atom stereocenters. The van der Waals surface area contributed by atoms with E-state index in [4.69, 9.17) is 5.11 Å². The third-order valence-corrected chi connectivity index (χ3v) is 4.48. The summed E-state index contributed by atoms with van der Waals surface area (Å²) in [5, 5.41) is 11.0. The standard InChI is InChI=1S/C11H12O2S2/c12-11(13)9(10-2-1-4-15-10)6-8-3-5-14-7-8/h1-2,4,6,8H,3,5,7H2,(H,12,13)/b9-6+. The van der Waals surface area contributed by atoms with Gasteiger partial charge in [-0.25, -0.2) is 4.79 Å². The number of allylic oxidation sites excluding steroid dienone is 1. The van der Waals surface area contributed by atoms with E-state index in [9.17, 15) is 4.79 Å². The van der Waals surface area contributed by atoms with E-state index >= 15 is 0 Å². The highest BCUT2D eigenvalue weighted by Crippen LogP contribution is 2.29. The molecular formula is C11H12O2S2. The molecule has 0 radical (unpaired) electrons. The van der Waals surface area contributed by atoms with Gasteiger partial charge in [0.15, 0.2) is 0 Å². The van der Waals surface area contributed by atoms with Crippen LogP contribution in [0, 0.1) is 5.92 Å². The molecule has 0 saturated carbocycles. The van der Waals surface area contributed by atoms with Gasteiger partial charge < -0.3 is 5.11 Å². The normalized spacial score (nSPS) is 21.9. The number of thiophene rings is 1. The van der Waals surface area contributed by atoms with E-state index in [1.807, 2.05) is 35.4 Å². The third-order valence-electron chi connectivity index (χ3n) is 2.38. The van der Waals surface area contributed by atoms with Crippen molar-refractivity contribution in [3.63, 3.8) is 0 Å². The molecule has 4 heteroatoms. The van der Waals surface area contributed by atoms with Crippen LogP contribution in [0.5, 0.6) is 0 Å². The Labute approximate surface area is 97.0 Å². The van der Waals surface area contributed by atoms with Crippen molar-refractivity contribution in [2.24, 2.45) is 5.92 Å². The molecule has 1 aliphatic rings. The van der Waals surface area contributed by atoms with E-state index in [1.54, 1.807) is 0 Å². The second-order valence-electron chi connectivity index (χ2n) is 3.49. The zero-order chi connectivity index (χ0) is 10.7. The number of rotatable bonds is 3. The number of hydrogen-bond acceptors (Lipinski definition) is 3. The van der Waals surface area contributed by atoms with Crippen molar-refractivity contribution >= 4 is 34.6 Å². The van der Waals surface area contributed by atoms with E-state index < -0.39 is 5.97 Å². The average molecular weight is 240 g/mol. The molecule has 80 valence electrons. The Bertz CT molecular complexity index is 362. The van der Waals surface area contributed by atoms with Crippen molar-refractivity contribution in [3.8, 4) is 0 Å². The fourth-order valence-corrected chi connectivity index (χ4v) is 3.56. The Balaban J connectivity index is 2.23. The van der Waals surface area contributed by atoms with Gasteiger partial charge in [-0.05, 0) is 35.3 Å². The maximum absolute atomic E-state index is 11.1. The summed E-state index contributed by atoms with van der Waals surface area (Å²) >= 11 is 3.39. The van der Waals surface area contributed by atoms with Crippen LogP contribution in [0.15, 0.2) is 23.6 Å². The SMILES string of the molecule is O=C(O)/C(=C/C1CCSC1)c1cccs1. The van der Waals surface area contributed by atoms with Gasteiger partial charge in [-0.3, -0.25) is 0 Å². The monoisotopic (exact) mass is 240 g/mol. The second kappa shape index (κ2) is 4.86. The minimum Gasteiger partial charge on any atom is -0.478 e. The minimum atomic E-state index is -0.811. The zero-order valence-corrected chi connectivity index (χ0v) is 9.81. The Morgan fingerprint density at radius 2 is 2.47 bits per heavy atom. The predicted octanol–water partition coefficient (Wildman–Crippen LogP) is 2.97. The molecule has 0 spiro atoms. The molecule has 0 aliphatic carbocycles. The minimum absolute atomic E-state index is 0.434. The molecule has 2 heterocycles. The average Bonchev–Trinajstić information content (AvgIpc) is 2.87. The lowest BCUT2D eigenvalue weighted by Gasteiger charge is -2.04. The first-order valence-corrected chi connectivity index (χ1v) is 6.87. The molecule has 2 rings (SSSR count). The number of aliphatic carboxylic acids is 1. The highest BCUT2D eigenvalue weighted by atomic mass is 32.2. The summed E-state index contributed by atoms with van der Waals surface area (Å²) in [5.74, 6) is 1.83. The molecule has 1 saturated heterocycles. The van der Waals surface area contributed by atoms with Crippen LogP contribution in [0.1, 0.15) is 11.3 Å². The van der Waals surface area contributed by atoms with Crippen molar-refractivity contribution in [1.29, 1.82) is 0 Å². The van der Waals surface area contributed by atoms with Gasteiger partial charge in [0, 0.05) is 4.88 Å².